The molecule has 0 unspecified atom stereocenters. The summed E-state index contributed by atoms with van der Waals surface area (Å²) in [7, 11) is 0. The number of anilines is 1. The number of urea groups is 1. The van der Waals surface area contributed by atoms with E-state index < -0.39 is 11.6 Å². The molecule has 0 radical (unpaired) electrons. The van der Waals surface area contributed by atoms with E-state index in [0.717, 1.165) is 16.9 Å². The van der Waals surface area contributed by atoms with Gasteiger partial charge in [-0.2, -0.15) is 0 Å². The highest BCUT2D eigenvalue weighted by atomic mass is 35.5. The molecule has 0 saturated carbocycles. The van der Waals surface area contributed by atoms with Gasteiger partial charge in [-0.15, -0.1) is 10.2 Å². The molecule has 2 aromatic rings. The van der Waals surface area contributed by atoms with Crippen molar-refractivity contribution >= 4 is 45.7 Å². The first kappa shape index (κ1) is 19.9. The van der Waals surface area contributed by atoms with Crippen LogP contribution in [0, 0.1) is 0 Å². The van der Waals surface area contributed by atoms with Gasteiger partial charge in [-0.3, -0.25) is 5.32 Å². The number of rotatable bonds is 5. The maximum atomic E-state index is 12.1. The van der Waals surface area contributed by atoms with E-state index in [0.29, 0.717) is 26.7 Å². The molecule has 0 spiro atoms. The van der Waals surface area contributed by atoms with Crippen LogP contribution in [0.15, 0.2) is 18.2 Å². The van der Waals surface area contributed by atoms with Crippen LogP contribution in [0.3, 0.4) is 0 Å². The van der Waals surface area contributed by atoms with Crippen LogP contribution in [-0.2, 0) is 11.0 Å². The fourth-order valence-electron chi connectivity index (χ4n) is 1.98. The Balaban J connectivity index is 1.96. The zero-order chi connectivity index (χ0) is 18.8. The fourth-order valence-corrected chi connectivity index (χ4v) is 3.02. The Labute approximate surface area is 160 Å². The predicted octanol–water partition coefficient (Wildman–Crippen LogP) is 4.17. The summed E-state index contributed by atoms with van der Waals surface area (Å²) < 4.78 is 0. The molecule has 3 N–H and O–H groups in total. The topological polar surface area (TPSA) is 87.1 Å². The molecule has 0 atom stereocenters. The summed E-state index contributed by atoms with van der Waals surface area (Å²) in [4.78, 5) is 12.1. The van der Waals surface area contributed by atoms with Crippen molar-refractivity contribution in [2.75, 3.05) is 11.9 Å². The maximum Gasteiger partial charge on any atom is 0.321 e. The summed E-state index contributed by atoms with van der Waals surface area (Å²) >= 11 is 13.1. The van der Waals surface area contributed by atoms with Gasteiger partial charge in [0.15, 0.2) is 0 Å². The van der Waals surface area contributed by atoms with E-state index in [1.807, 2.05) is 19.9 Å². The number of aromatic nitrogens is 2. The first-order valence-corrected chi connectivity index (χ1v) is 9.13. The molecule has 0 aliphatic carbocycles. The Hall–Kier alpha value is -1.41. The molecule has 2 amide bonds. The lowest BCUT2D eigenvalue weighted by Crippen LogP contribution is -2.39. The van der Waals surface area contributed by atoms with Crippen molar-refractivity contribution in [3.8, 4) is 0 Å². The number of hydrogen-bond acceptors (Lipinski definition) is 5. The number of amides is 2. The minimum absolute atomic E-state index is 0.321. The second-order valence-corrected chi connectivity index (χ2v) is 8.58. The molecule has 0 saturated heterocycles. The van der Waals surface area contributed by atoms with Crippen LogP contribution in [0.5, 0.6) is 0 Å². The number of halogens is 2. The average Bonchev–Trinajstić information content (AvgIpc) is 2.96. The molecule has 136 valence electrons. The maximum absolute atomic E-state index is 12.1. The highest BCUT2D eigenvalue weighted by molar-refractivity contribution is 7.15. The quantitative estimate of drug-likeness (QED) is 0.699. The molecule has 0 aliphatic heterocycles. The molecular formula is C16H20Cl2N4O2S. The van der Waals surface area contributed by atoms with Gasteiger partial charge in [0.05, 0.1) is 10.0 Å². The summed E-state index contributed by atoms with van der Waals surface area (Å²) in [6.45, 7) is 7.58. The van der Waals surface area contributed by atoms with Crippen LogP contribution >= 0.6 is 34.5 Å². The van der Waals surface area contributed by atoms with Gasteiger partial charge in [-0.1, -0.05) is 54.5 Å². The van der Waals surface area contributed by atoms with Gasteiger partial charge in [-0.25, -0.2) is 4.79 Å². The third kappa shape index (κ3) is 5.28. The van der Waals surface area contributed by atoms with E-state index in [4.69, 9.17) is 23.2 Å². The molecule has 1 heterocycles. The number of nitrogens with one attached hydrogen (secondary N) is 2. The second kappa shape index (κ2) is 7.45. The summed E-state index contributed by atoms with van der Waals surface area (Å²) in [6, 6.07) is 5.02. The molecule has 0 bridgehead atoms. The smallest absolute Gasteiger partial charge is 0.321 e. The van der Waals surface area contributed by atoms with E-state index in [1.54, 1.807) is 26.0 Å². The first-order valence-electron chi connectivity index (χ1n) is 7.56. The lowest BCUT2D eigenvalue weighted by molar-refractivity contribution is 0.0775. The molecule has 0 fully saturated rings. The highest BCUT2D eigenvalue weighted by Crippen LogP contribution is 2.30. The van der Waals surface area contributed by atoms with Crippen LogP contribution in [-0.4, -0.2) is 27.9 Å². The molecule has 25 heavy (non-hydrogen) atoms. The molecule has 1 aromatic heterocycles. The van der Waals surface area contributed by atoms with Gasteiger partial charge in [0, 0.05) is 12.0 Å². The summed E-state index contributed by atoms with van der Waals surface area (Å²) in [6.07, 6.45) is 0. The van der Waals surface area contributed by atoms with Crippen molar-refractivity contribution in [1.29, 1.82) is 0 Å². The number of carbonyl (C=O) groups is 1. The largest absolute Gasteiger partial charge is 0.383 e. The number of carbonyl (C=O) groups excluding carboxylic acids is 1. The van der Waals surface area contributed by atoms with Crippen LogP contribution in [0.1, 0.15) is 38.3 Å². The van der Waals surface area contributed by atoms with Gasteiger partial charge in [0.2, 0.25) is 5.13 Å². The van der Waals surface area contributed by atoms with Gasteiger partial charge >= 0.3 is 6.03 Å². The lowest BCUT2D eigenvalue weighted by atomic mass is 9.84. The third-order valence-corrected chi connectivity index (χ3v) is 5.45. The molecular weight excluding hydrogens is 383 g/mol. The van der Waals surface area contributed by atoms with E-state index in [1.165, 1.54) is 0 Å². The number of benzene rings is 1. The van der Waals surface area contributed by atoms with Gasteiger partial charge in [-0.05, 0) is 31.5 Å². The molecule has 2 rings (SSSR count). The predicted molar refractivity (Wildman–Crippen MR) is 102 cm³/mol. The van der Waals surface area contributed by atoms with Crippen LogP contribution < -0.4 is 10.6 Å². The number of hydrogen-bond donors (Lipinski definition) is 3. The summed E-state index contributed by atoms with van der Waals surface area (Å²) in [5.74, 6) is 0. The Morgan fingerprint density at radius 2 is 1.88 bits per heavy atom. The molecule has 9 heteroatoms. The number of nitrogens with zero attached hydrogens (tertiary/aromatic N) is 2. The van der Waals surface area contributed by atoms with Crippen molar-refractivity contribution in [1.82, 2.24) is 15.5 Å². The Morgan fingerprint density at radius 1 is 1.20 bits per heavy atom. The average molecular weight is 403 g/mol. The zero-order valence-electron chi connectivity index (χ0n) is 14.4. The Morgan fingerprint density at radius 3 is 2.44 bits per heavy atom. The third-order valence-electron chi connectivity index (χ3n) is 3.56. The van der Waals surface area contributed by atoms with Crippen LogP contribution in [0.4, 0.5) is 9.93 Å². The summed E-state index contributed by atoms with van der Waals surface area (Å²) in [5.41, 5.74) is -0.475. The van der Waals surface area contributed by atoms with E-state index in [9.17, 15) is 9.90 Å². The van der Waals surface area contributed by atoms with Crippen molar-refractivity contribution < 1.29 is 9.90 Å². The molecule has 1 aromatic carbocycles. The SMILES string of the molecule is CC(C)(O)c1nnc(NC(=O)NCC(C)(C)c2ccc(Cl)c(Cl)c2)s1. The van der Waals surface area contributed by atoms with Crippen LogP contribution in [0.25, 0.3) is 0 Å². The summed E-state index contributed by atoms with van der Waals surface area (Å²) in [5, 5.41) is 24.7. The monoisotopic (exact) mass is 402 g/mol. The van der Waals surface area contributed by atoms with Crippen LogP contribution in [0.2, 0.25) is 10.0 Å². The van der Waals surface area contributed by atoms with Gasteiger partial charge in [0.25, 0.3) is 0 Å². The van der Waals surface area contributed by atoms with Gasteiger partial charge < -0.3 is 10.4 Å². The van der Waals surface area contributed by atoms with Gasteiger partial charge in [0.1, 0.15) is 10.6 Å². The van der Waals surface area contributed by atoms with Crippen molar-refractivity contribution in [2.24, 2.45) is 0 Å². The molecule has 6 nitrogen and oxygen atoms in total. The Kier molecular flexibility index (Phi) is 5.93. The van der Waals surface area contributed by atoms with Crippen molar-refractivity contribution in [2.45, 2.75) is 38.7 Å². The van der Waals surface area contributed by atoms with E-state index in [2.05, 4.69) is 20.8 Å². The zero-order valence-corrected chi connectivity index (χ0v) is 16.7. The fraction of sp³-hybridized carbons (Fsp3) is 0.438. The molecule has 0 aliphatic rings. The highest BCUT2D eigenvalue weighted by Gasteiger charge is 2.24. The van der Waals surface area contributed by atoms with E-state index in [-0.39, 0.29) is 5.41 Å². The van der Waals surface area contributed by atoms with E-state index >= 15 is 0 Å². The standard InChI is InChI=1S/C16H20Cl2N4O2S/c1-15(2,9-5-6-10(17)11(18)7-9)8-19-13(23)20-14-22-21-12(25-14)16(3,4)24/h5-7,24H,8H2,1-4H3,(H2,19,20,22,23). The second-order valence-electron chi connectivity index (χ2n) is 6.79. The van der Waals surface area contributed by atoms with Crippen molar-refractivity contribution in [3.63, 3.8) is 0 Å². The number of aliphatic hydroxyl groups is 1. The minimum Gasteiger partial charge on any atom is -0.383 e. The lowest BCUT2D eigenvalue weighted by Gasteiger charge is -2.26. The van der Waals surface area contributed by atoms with Crippen molar-refractivity contribution in [3.05, 3.63) is 38.8 Å². The normalized spacial score (nSPS) is 12.1. The Bertz CT molecular complexity index is 772. The first-order chi connectivity index (χ1) is 11.5. The minimum atomic E-state index is -1.09.